The quantitative estimate of drug-likeness (QED) is 0.776. The van der Waals surface area contributed by atoms with Crippen LogP contribution in [0.15, 0.2) is 41.9 Å². The minimum absolute atomic E-state index is 0.0520. The van der Waals surface area contributed by atoms with Gasteiger partial charge in [-0.25, -0.2) is 8.78 Å². The summed E-state index contributed by atoms with van der Waals surface area (Å²) < 4.78 is 27.5. The van der Waals surface area contributed by atoms with Gasteiger partial charge in [0.15, 0.2) is 0 Å². The van der Waals surface area contributed by atoms with Crippen LogP contribution in [0.2, 0.25) is 0 Å². The van der Waals surface area contributed by atoms with Crippen LogP contribution in [0.5, 0.6) is 0 Å². The average molecular weight is 276 g/mol. The number of thiophene rings is 1. The maximum Gasteiger partial charge on any atom is 0.149 e. The lowest BCUT2D eigenvalue weighted by molar-refractivity contribution is 0.615. The number of aromatic nitrogens is 1. The molecule has 3 rings (SSSR count). The van der Waals surface area contributed by atoms with Crippen molar-refractivity contribution in [3.05, 3.63) is 58.4 Å². The van der Waals surface area contributed by atoms with E-state index in [1.807, 2.05) is 17.5 Å². The Balaban J connectivity index is 2.01. The van der Waals surface area contributed by atoms with E-state index in [1.54, 1.807) is 17.4 Å². The molecule has 2 nitrogen and oxygen atoms in total. The Morgan fingerprint density at radius 2 is 1.95 bits per heavy atom. The first-order valence-electron chi connectivity index (χ1n) is 5.74. The van der Waals surface area contributed by atoms with Crippen molar-refractivity contribution < 1.29 is 8.78 Å². The minimum atomic E-state index is -0.517. The maximum atomic E-state index is 13.8. The summed E-state index contributed by atoms with van der Waals surface area (Å²) in [6.07, 6.45) is 1.47. The van der Waals surface area contributed by atoms with E-state index in [0.717, 1.165) is 17.0 Å². The molecule has 0 aliphatic carbocycles. The highest BCUT2D eigenvalue weighted by molar-refractivity contribution is 7.09. The van der Waals surface area contributed by atoms with Crippen LogP contribution in [0, 0.1) is 11.6 Å². The Morgan fingerprint density at radius 3 is 2.74 bits per heavy atom. The molecule has 0 unspecified atom stereocenters. The minimum Gasteiger partial charge on any atom is -0.379 e. The fourth-order valence-corrected chi connectivity index (χ4v) is 2.58. The summed E-state index contributed by atoms with van der Waals surface area (Å²) >= 11 is 1.61. The standard InChI is InChI=1S/C14H10F2N2S/c15-10-3-4-11(16)14-13(10)12(5-6-17-14)18-8-9-2-1-7-19-9/h1-7H,8H2,(H,17,18). The first-order valence-corrected chi connectivity index (χ1v) is 6.62. The summed E-state index contributed by atoms with van der Waals surface area (Å²) in [5.74, 6) is -0.991. The fraction of sp³-hybridized carbons (Fsp3) is 0.0714. The van der Waals surface area contributed by atoms with Crippen molar-refractivity contribution in [1.29, 1.82) is 0 Å². The largest absolute Gasteiger partial charge is 0.379 e. The molecule has 5 heteroatoms. The first kappa shape index (κ1) is 12.0. The molecule has 0 atom stereocenters. The zero-order chi connectivity index (χ0) is 13.2. The second-order valence-electron chi connectivity index (χ2n) is 4.04. The Labute approximate surface area is 112 Å². The Kier molecular flexibility index (Phi) is 3.13. The van der Waals surface area contributed by atoms with Gasteiger partial charge in [-0.1, -0.05) is 6.07 Å². The van der Waals surface area contributed by atoms with Gasteiger partial charge in [0.05, 0.1) is 5.39 Å². The number of pyridine rings is 1. The van der Waals surface area contributed by atoms with E-state index in [9.17, 15) is 8.78 Å². The molecule has 0 fully saturated rings. The van der Waals surface area contributed by atoms with Gasteiger partial charge >= 0.3 is 0 Å². The lowest BCUT2D eigenvalue weighted by atomic mass is 10.1. The summed E-state index contributed by atoms with van der Waals surface area (Å²) in [4.78, 5) is 5.02. The van der Waals surface area contributed by atoms with Crippen molar-refractivity contribution >= 4 is 27.9 Å². The van der Waals surface area contributed by atoms with Gasteiger partial charge in [-0.05, 0) is 29.6 Å². The molecule has 2 heterocycles. The van der Waals surface area contributed by atoms with Gasteiger partial charge < -0.3 is 5.32 Å². The van der Waals surface area contributed by atoms with Crippen LogP contribution in [0.4, 0.5) is 14.5 Å². The van der Waals surface area contributed by atoms with Crippen LogP contribution < -0.4 is 5.32 Å². The molecule has 0 radical (unpaired) electrons. The molecule has 0 amide bonds. The van der Waals surface area contributed by atoms with Crippen LogP contribution in [-0.2, 0) is 6.54 Å². The Hall–Kier alpha value is -2.01. The van der Waals surface area contributed by atoms with Gasteiger partial charge in [0.1, 0.15) is 17.2 Å². The molecule has 1 N–H and O–H groups in total. The molecule has 1 aromatic carbocycles. The zero-order valence-corrected chi connectivity index (χ0v) is 10.7. The van der Waals surface area contributed by atoms with Gasteiger partial charge in [-0.2, -0.15) is 0 Å². The molecule has 0 aliphatic heterocycles. The number of rotatable bonds is 3. The number of nitrogens with one attached hydrogen (secondary N) is 1. The van der Waals surface area contributed by atoms with E-state index >= 15 is 0 Å². The summed E-state index contributed by atoms with van der Waals surface area (Å²) in [7, 11) is 0. The average Bonchev–Trinajstić information content (AvgIpc) is 2.94. The van der Waals surface area contributed by atoms with E-state index < -0.39 is 11.6 Å². The molecule has 2 aromatic heterocycles. The van der Waals surface area contributed by atoms with Crippen LogP contribution in [0.3, 0.4) is 0 Å². The predicted molar refractivity (Wildman–Crippen MR) is 73.3 cm³/mol. The number of fused-ring (bicyclic) bond motifs is 1. The van der Waals surface area contributed by atoms with Crippen LogP contribution in [-0.4, -0.2) is 4.98 Å². The number of halogens is 2. The molecule has 0 spiro atoms. The van der Waals surface area contributed by atoms with E-state index in [1.165, 1.54) is 6.20 Å². The first-order chi connectivity index (χ1) is 9.25. The molecule has 96 valence electrons. The maximum absolute atomic E-state index is 13.8. The van der Waals surface area contributed by atoms with Crippen molar-refractivity contribution in [1.82, 2.24) is 4.98 Å². The van der Waals surface area contributed by atoms with Gasteiger partial charge in [0.2, 0.25) is 0 Å². The van der Waals surface area contributed by atoms with Crippen LogP contribution in [0.25, 0.3) is 10.9 Å². The molecule has 3 aromatic rings. The second-order valence-corrected chi connectivity index (χ2v) is 5.08. The van der Waals surface area contributed by atoms with Crippen molar-refractivity contribution in [2.24, 2.45) is 0 Å². The van der Waals surface area contributed by atoms with E-state index in [4.69, 9.17) is 0 Å². The number of nitrogens with zero attached hydrogens (tertiary/aromatic N) is 1. The third kappa shape index (κ3) is 2.29. The third-order valence-corrected chi connectivity index (χ3v) is 3.70. The fourth-order valence-electron chi connectivity index (χ4n) is 1.94. The van der Waals surface area contributed by atoms with Crippen molar-refractivity contribution in [2.45, 2.75) is 6.54 Å². The van der Waals surface area contributed by atoms with Crippen molar-refractivity contribution in [3.8, 4) is 0 Å². The summed E-state index contributed by atoms with van der Waals surface area (Å²) in [5, 5.41) is 5.29. The number of anilines is 1. The van der Waals surface area contributed by atoms with Gasteiger partial charge in [0.25, 0.3) is 0 Å². The van der Waals surface area contributed by atoms with Crippen molar-refractivity contribution in [3.63, 3.8) is 0 Å². The van der Waals surface area contributed by atoms with Crippen LogP contribution >= 0.6 is 11.3 Å². The SMILES string of the molecule is Fc1ccc(F)c2c(NCc3cccs3)ccnc12. The smallest absolute Gasteiger partial charge is 0.149 e. The Morgan fingerprint density at radius 1 is 1.11 bits per heavy atom. The zero-order valence-electron chi connectivity index (χ0n) is 9.86. The molecular weight excluding hydrogens is 266 g/mol. The predicted octanol–water partition coefficient (Wildman–Crippen LogP) is 4.19. The third-order valence-electron chi connectivity index (χ3n) is 2.83. The molecule has 0 aliphatic rings. The van der Waals surface area contributed by atoms with E-state index in [2.05, 4.69) is 10.3 Å². The van der Waals surface area contributed by atoms with Gasteiger partial charge in [-0.3, -0.25) is 4.98 Å². The molecule has 0 bridgehead atoms. The molecule has 19 heavy (non-hydrogen) atoms. The molecule has 0 saturated carbocycles. The summed E-state index contributed by atoms with van der Waals surface area (Å²) in [5.41, 5.74) is 0.603. The lowest BCUT2D eigenvalue weighted by Gasteiger charge is -2.09. The topological polar surface area (TPSA) is 24.9 Å². The summed E-state index contributed by atoms with van der Waals surface area (Å²) in [6.45, 7) is 0.576. The highest BCUT2D eigenvalue weighted by atomic mass is 32.1. The van der Waals surface area contributed by atoms with E-state index in [-0.39, 0.29) is 10.9 Å². The highest BCUT2D eigenvalue weighted by Crippen LogP contribution is 2.27. The number of hydrogen-bond donors (Lipinski definition) is 1. The molecular formula is C14H10F2N2S. The van der Waals surface area contributed by atoms with Crippen LogP contribution in [0.1, 0.15) is 4.88 Å². The van der Waals surface area contributed by atoms with Gasteiger partial charge in [-0.15, -0.1) is 11.3 Å². The molecule has 0 saturated heterocycles. The normalized spacial score (nSPS) is 10.8. The van der Waals surface area contributed by atoms with Gasteiger partial charge in [0, 0.05) is 23.3 Å². The highest BCUT2D eigenvalue weighted by Gasteiger charge is 2.11. The number of hydrogen-bond acceptors (Lipinski definition) is 3. The monoisotopic (exact) mass is 276 g/mol. The number of benzene rings is 1. The van der Waals surface area contributed by atoms with E-state index in [0.29, 0.717) is 12.2 Å². The Bertz CT molecular complexity index is 711. The summed E-state index contributed by atoms with van der Waals surface area (Å²) in [6, 6.07) is 7.80. The van der Waals surface area contributed by atoms with Crippen molar-refractivity contribution in [2.75, 3.05) is 5.32 Å². The second kappa shape index (κ2) is 4.93. The lowest BCUT2D eigenvalue weighted by Crippen LogP contribution is -2.00.